The number of hydrogen-bond donors (Lipinski definition) is 1. The van der Waals surface area contributed by atoms with Crippen molar-refractivity contribution in [3.63, 3.8) is 0 Å². The molecule has 0 aliphatic heterocycles. The summed E-state index contributed by atoms with van der Waals surface area (Å²) in [6.07, 6.45) is 4.27. The third kappa shape index (κ3) is 5.24. The maximum Gasteiger partial charge on any atom is 0.254 e. The van der Waals surface area contributed by atoms with Crippen LogP contribution in [0.25, 0.3) is 0 Å². The highest BCUT2D eigenvalue weighted by Gasteiger charge is 2.20. The molecule has 4 heteroatoms. The SMILES string of the molecule is CCCCCc1cc(O)cc(C(=O)N(CC)C(C)CCl)c1. The van der Waals surface area contributed by atoms with Gasteiger partial charge in [-0.1, -0.05) is 19.8 Å². The molecule has 0 aliphatic rings. The Morgan fingerprint density at radius 2 is 2.00 bits per heavy atom. The summed E-state index contributed by atoms with van der Waals surface area (Å²) in [6, 6.07) is 5.15. The Morgan fingerprint density at radius 1 is 1.29 bits per heavy atom. The van der Waals surface area contributed by atoms with E-state index in [1.807, 2.05) is 19.9 Å². The Balaban J connectivity index is 2.92. The van der Waals surface area contributed by atoms with Crippen molar-refractivity contribution < 1.29 is 9.90 Å². The number of aromatic hydroxyl groups is 1. The second kappa shape index (κ2) is 8.93. The van der Waals surface area contributed by atoms with Crippen LogP contribution in [0, 0.1) is 0 Å². The molecule has 118 valence electrons. The number of hydrogen-bond acceptors (Lipinski definition) is 2. The summed E-state index contributed by atoms with van der Waals surface area (Å²) in [7, 11) is 0. The van der Waals surface area contributed by atoms with E-state index in [9.17, 15) is 9.90 Å². The summed E-state index contributed by atoms with van der Waals surface area (Å²) in [5.41, 5.74) is 1.56. The number of alkyl halides is 1. The lowest BCUT2D eigenvalue weighted by atomic mass is 10.0. The van der Waals surface area contributed by atoms with E-state index >= 15 is 0 Å². The Kier molecular flexibility index (Phi) is 7.58. The van der Waals surface area contributed by atoms with Gasteiger partial charge < -0.3 is 10.0 Å². The third-order valence-electron chi connectivity index (χ3n) is 3.65. The van der Waals surface area contributed by atoms with Crippen LogP contribution in [0.3, 0.4) is 0 Å². The lowest BCUT2D eigenvalue weighted by molar-refractivity contribution is 0.0718. The summed E-state index contributed by atoms with van der Waals surface area (Å²) >= 11 is 5.86. The zero-order valence-corrected chi connectivity index (χ0v) is 14.0. The standard InChI is InChI=1S/C17H26ClNO2/c1-4-6-7-8-14-9-15(11-16(20)10-14)17(21)19(5-2)13(3)12-18/h9-11,13,20H,4-8,12H2,1-3H3. The lowest BCUT2D eigenvalue weighted by Crippen LogP contribution is -2.39. The molecule has 1 aromatic carbocycles. The fourth-order valence-electron chi connectivity index (χ4n) is 2.43. The summed E-state index contributed by atoms with van der Waals surface area (Å²) in [4.78, 5) is 14.3. The fourth-order valence-corrected chi connectivity index (χ4v) is 2.59. The molecule has 1 aromatic rings. The molecule has 1 atom stereocenters. The van der Waals surface area contributed by atoms with Gasteiger partial charge in [0.2, 0.25) is 0 Å². The summed E-state index contributed by atoms with van der Waals surface area (Å²) < 4.78 is 0. The van der Waals surface area contributed by atoms with Gasteiger partial charge >= 0.3 is 0 Å². The van der Waals surface area contributed by atoms with E-state index in [1.165, 1.54) is 6.07 Å². The van der Waals surface area contributed by atoms with Gasteiger partial charge in [-0.05, 0) is 50.5 Å². The van der Waals surface area contributed by atoms with Gasteiger partial charge in [0, 0.05) is 24.0 Å². The Labute approximate surface area is 132 Å². The van der Waals surface area contributed by atoms with Crippen molar-refractivity contribution >= 4 is 17.5 Å². The predicted molar refractivity (Wildman–Crippen MR) is 88.2 cm³/mol. The van der Waals surface area contributed by atoms with Gasteiger partial charge in [-0.3, -0.25) is 4.79 Å². The van der Waals surface area contributed by atoms with Gasteiger partial charge in [0.05, 0.1) is 0 Å². The minimum atomic E-state index is -0.0710. The molecule has 21 heavy (non-hydrogen) atoms. The molecule has 0 heterocycles. The van der Waals surface area contributed by atoms with E-state index < -0.39 is 0 Å². The number of nitrogens with zero attached hydrogens (tertiary/aromatic N) is 1. The zero-order valence-electron chi connectivity index (χ0n) is 13.2. The third-order valence-corrected chi connectivity index (χ3v) is 4.10. The molecule has 0 radical (unpaired) electrons. The normalized spacial score (nSPS) is 12.2. The topological polar surface area (TPSA) is 40.5 Å². The van der Waals surface area contributed by atoms with Gasteiger partial charge in [-0.15, -0.1) is 11.6 Å². The number of aryl methyl sites for hydroxylation is 1. The molecule has 0 bridgehead atoms. The molecule has 0 aliphatic carbocycles. The second-order valence-corrected chi connectivity index (χ2v) is 5.75. The Morgan fingerprint density at radius 3 is 2.57 bits per heavy atom. The summed E-state index contributed by atoms with van der Waals surface area (Å²) in [5.74, 6) is 0.488. The van der Waals surface area contributed by atoms with Crippen molar-refractivity contribution in [1.29, 1.82) is 0 Å². The number of benzene rings is 1. The average molecular weight is 312 g/mol. The van der Waals surface area contributed by atoms with E-state index in [0.717, 1.165) is 31.2 Å². The fraction of sp³-hybridized carbons (Fsp3) is 0.588. The highest BCUT2D eigenvalue weighted by atomic mass is 35.5. The first-order valence-corrected chi connectivity index (χ1v) is 8.26. The van der Waals surface area contributed by atoms with Crippen molar-refractivity contribution in [2.45, 2.75) is 52.5 Å². The van der Waals surface area contributed by atoms with Gasteiger partial charge in [0.25, 0.3) is 5.91 Å². The molecular weight excluding hydrogens is 286 g/mol. The molecule has 0 aromatic heterocycles. The molecule has 0 saturated carbocycles. The smallest absolute Gasteiger partial charge is 0.254 e. The molecule has 0 spiro atoms. The van der Waals surface area contributed by atoms with Crippen LogP contribution in [0.15, 0.2) is 18.2 Å². The van der Waals surface area contributed by atoms with Crippen LogP contribution in [0.1, 0.15) is 56.0 Å². The number of rotatable bonds is 8. The Hall–Kier alpha value is -1.22. The molecule has 3 nitrogen and oxygen atoms in total. The van der Waals surface area contributed by atoms with E-state index in [-0.39, 0.29) is 17.7 Å². The quantitative estimate of drug-likeness (QED) is 0.577. The van der Waals surface area contributed by atoms with Crippen molar-refractivity contribution in [2.75, 3.05) is 12.4 Å². The van der Waals surface area contributed by atoms with Gasteiger partial charge in [0.15, 0.2) is 0 Å². The van der Waals surface area contributed by atoms with Gasteiger partial charge in [-0.25, -0.2) is 0 Å². The highest BCUT2D eigenvalue weighted by molar-refractivity contribution is 6.18. The molecule has 0 saturated heterocycles. The molecule has 1 N–H and O–H groups in total. The van der Waals surface area contributed by atoms with Crippen molar-refractivity contribution in [2.24, 2.45) is 0 Å². The number of phenolic OH excluding ortho intramolecular Hbond substituents is 1. The molecular formula is C17H26ClNO2. The summed E-state index contributed by atoms with van der Waals surface area (Å²) in [6.45, 7) is 6.63. The monoisotopic (exact) mass is 311 g/mol. The van der Waals surface area contributed by atoms with Crippen molar-refractivity contribution in [1.82, 2.24) is 4.90 Å². The number of halogens is 1. The average Bonchev–Trinajstić information content (AvgIpc) is 2.47. The van der Waals surface area contributed by atoms with Crippen LogP contribution in [0.4, 0.5) is 0 Å². The lowest BCUT2D eigenvalue weighted by Gasteiger charge is -2.26. The van der Waals surface area contributed by atoms with Crippen LogP contribution in [-0.4, -0.2) is 34.4 Å². The van der Waals surface area contributed by atoms with E-state index in [2.05, 4.69) is 6.92 Å². The number of phenols is 1. The Bertz CT molecular complexity index is 462. The van der Waals surface area contributed by atoms with E-state index in [0.29, 0.717) is 18.0 Å². The first kappa shape index (κ1) is 17.8. The van der Waals surface area contributed by atoms with Crippen molar-refractivity contribution in [3.8, 4) is 5.75 Å². The molecule has 0 fully saturated rings. The number of amides is 1. The maximum absolute atomic E-state index is 12.6. The van der Waals surface area contributed by atoms with Crippen LogP contribution in [-0.2, 0) is 6.42 Å². The zero-order chi connectivity index (χ0) is 15.8. The predicted octanol–water partition coefficient (Wildman–Crippen LogP) is 4.21. The maximum atomic E-state index is 12.6. The van der Waals surface area contributed by atoms with E-state index in [1.54, 1.807) is 11.0 Å². The summed E-state index contributed by atoms with van der Waals surface area (Å²) in [5, 5.41) is 9.85. The molecule has 1 rings (SSSR count). The minimum absolute atomic E-state index is 0.0185. The molecule has 1 amide bonds. The first-order chi connectivity index (χ1) is 10.0. The van der Waals surface area contributed by atoms with E-state index in [4.69, 9.17) is 11.6 Å². The largest absolute Gasteiger partial charge is 0.508 e. The second-order valence-electron chi connectivity index (χ2n) is 5.44. The van der Waals surface area contributed by atoms with Crippen LogP contribution in [0.2, 0.25) is 0 Å². The van der Waals surface area contributed by atoms with Crippen LogP contribution < -0.4 is 0 Å². The van der Waals surface area contributed by atoms with Gasteiger partial charge in [-0.2, -0.15) is 0 Å². The minimum Gasteiger partial charge on any atom is -0.508 e. The van der Waals surface area contributed by atoms with Crippen LogP contribution >= 0.6 is 11.6 Å². The van der Waals surface area contributed by atoms with Crippen molar-refractivity contribution in [3.05, 3.63) is 29.3 Å². The number of unbranched alkanes of at least 4 members (excludes halogenated alkanes) is 2. The number of carbonyl (C=O) groups excluding carboxylic acids is 1. The molecule has 1 unspecified atom stereocenters. The highest BCUT2D eigenvalue weighted by Crippen LogP contribution is 2.20. The first-order valence-electron chi connectivity index (χ1n) is 7.73. The van der Waals surface area contributed by atoms with Crippen LogP contribution in [0.5, 0.6) is 5.75 Å². The number of carbonyl (C=O) groups is 1. The van der Waals surface area contributed by atoms with Gasteiger partial charge in [0.1, 0.15) is 5.75 Å².